The van der Waals surface area contributed by atoms with Crippen LogP contribution in [0.4, 0.5) is 5.69 Å². The number of nitrogen functional groups attached to an aromatic ring is 1. The summed E-state index contributed by atoms with van der Waals surface area (Å²) in [6, 6.07) is 7.03. The van der Waals surface area contributed by atoms with E-state index >= 15 is 0 Å². The van der Waals surface area contributed by atoms with Crippen LogP contribution in [0.2, 0.25) is 0 Å². The summed E-state index contributed by atoms with van der Waals surface area (Å²) in [6.07, 6.45) is 1.68. The predicted octanol–water partition coefficient (Wildman–Crippen LogP) is 0.281. The fourth-order valence-corrected chi connectivity index (χ4v) is 2.12. The lowest BCUT2D eigenvalue weighted by atomic mass is 10.3. The van der Waals surface area contributed by atoms with Crippen molar-refractivity contribution >= 4 is 11.6 Å². The molecule has 1 amide bonds. The van der Waals surface area contributed by atoms with E-state index in [0.717, 1.165) is 5.82 Å². The fourth-order valence-electron chi connectivity index (χ4n) is 2.12. The van der Waals surface area contributed by atoms with Crippen LogP contribution in [0, 0.1) is 0 Å². The summed E-state index contributed by atoms with van der Waals surface area (Å²) in [6.45, 7) is 1.83. The Bertz CT molecular complexity index is 625. The largest absolute Gasteiger partial charge is 0.484 e. The Hall–Kier alpha value is -2.57. The number of fused-ring (bicyclic) bond motifs is 1. The maximum Gasteiger partial charge on any atom is 0.260 e. The van der Waals surface area contributed by atoms with E-state index in [9.17, 15) is 4.79 Å². The van der Waals surface area contributed by atoms with Crippen molar-refractivity contribution < 1.29 is 9.53 Å². The molecule has 1 aromatic carbocycles. The van der Waals surface area contributed by atoms with Crippen molar-refractivity contribution in [2.45, 2.75) is 13.1 Å². The predicted molar refractivity (Wildman–Crippen MR) is 71.8 cm³/mol. The smallest absolute Gasteiger partial charge is 0.260 e. The second-order valence-electron chi connectivity index (χ2n) is 4.62. The first-order chi connectivity index (χ1) is 9.72. The monoisotopic (exact) mass is 273 g/mol. The lowest BCUT2D eigenvalue weighted by Gasteiger charge is -2.26. The van der Waals surface area contributed by atoms with Crippen LogP contribution in [0.1, 0.15) is 5.82 Å². The number of nitrogens with two attached hydrogens (primary N) is 1. The maximum absolute atomic E-state index is 12.1. The Morgan fingerprint density at radius 1 is 1.40 bits per heavy atom. The molecule has 0 atom stereocenters. The quantitative estimate of drug-likeness (QED) is 0.812. The minimum Gasteiger partial charge on any atom is -0.484 e. The first-order valence-electron chi connectivity index (χ1n) is 6.35. The van der Waals surface area contributed by atoms with Crippen LogP contribution < -0.4 is 10.5 Å². The summed E-state index contributed by atoms with van der Waals surface area (Å²) in [4.78, 5) is 13.8. The summed E-state index contributed by atoms with van der Waals surface area (Å²) in [5.41, 5.74) is 6.27. The highest BCUT2D eigenvalue weighted by atomic mass is 16.5. The van der Waals surface area contributed by atoms with E-state index < -0.39 is 0 Å². The third kappa shape index (κ3) is 2.56. The third-order valence-corrected chi connectivity index (χ3v) is 3.21. The number of carbonyl (C=O) groups excluding carboxylic acids is 1. The molecule has 2 N–H and O–H groups in total. The summed E-state index contributed by atoms with van der Waals surface area (Å²) in [5, 5.41) is 7.81. The average Bonchev–Trinajstić information content (AvgIpc) is 2.92. The van der Waals surface area contributed by atoms with Gasteiger partial charge in [0.25, 0.3) is 5.91 Å². The van der Waals surface area contributed by atoms with Crippen LogP contribution in [0.3, 0.4) is 0 Å². The van der Waals surface area contributed by atoms with Gasteiger partial charge in [0.1, 0.15) is 12.1 Å². The molecule has 0 saturated heterocycles. The lowest BCUT2D eigenvalue weighted by Crippen LogP contribution is -2.40. The Morgan fingerprint density at radius 2 is 2.30 bits per heavy atom. The van der Waals surface area contributed by atoms with Crippen molar-refractivity contribution in [2.24, 2.45) is 0 Å². The highest BCUT2D eigenvalue weighted by Gasteiger charge is 2.21. The second-order valence-corrected chi connectivity index (χ2v) is 4.62. The van der Waals surface area contributed by atoms with Crippen LogP contribution in [0.5, 0.6) is 5.75 Å². The van der Waals surface area contributed by atoms with Crippen molar-refractivity contribution in [3.63, 3.8) is 0 Å². The van der Waals surface area contributed by atoms with Gasteiger partial charge in [0, 0.05) is 24.8 Å². The normalized spacial score (nSPS) is 13.9. The molecule has 1 aliphatic rings. The fraction of sp³-hybridized carbons (Fsp3) is 0.308. The Morgan fingerprint density at radius 3 is 3.15 bits per heavy atom. The van der Waals surface area contributed by atoms with Gasteiger partial charge in [0.2, 0.25) is 0 Å². The second kappa shape index (κ2) is 5.20. The highest BCUT2D eigenvalue weighted by Crippen LogP contribution is 2.15. The number of hydrogen-bond donors (Lipinski definition) is 1. The molecule has 0 bridgehead atoms. The molecular formula is C13H15N5O2. The van der Waals surface area contributed by atoms with Crippen molar-refractivity contribution in [1.29, 1.82) is 0 Å². The first-order valence-corrected chi connectivity index (χ1v) is 6.35. The topological polar surface area (TPSA) is 86.3 Å². The van der Waals surface area contributed by atoms with E-state index in [0.29, 0.717) is 31.1 Å². The van der Waals surface area contributed by atoms with Crippen LogP contribution in [-0.2, 0) is 17.9 Å². The van der Waals surface area contributed by atoms with Gasteiger partial charge in [-0.05, 0) is 12.1 Å². The Labute approximate surface area is 116 Å². The average molecular weight is 273 g/mol. The van der Waals surface area contributed by atoms with E-state index in [1.54, 1.807) is 35.5 Å². The molecular weight excluding hydrogens is 258 g/mol. The molecule has 2 aromatic rings. The molecule has 2 heterocycles. The number of anilines is 1. The van der Waals surface area contributed by atoms with Crippen molar-refractivity contribution in [1.82, 2.24) is 19.7 Å². The zero-order chi connectivity index (χ0) is 13.9. The highest BCUT2D eigenvalue weighted by molar-refractivity contribution is 5.77. The van der Waals surface area contributed by atoms with E-state index in [2.05, 4.69) is 10.2 Å². The molecule has 0 spiro atoms. The Kier molecular flexibility index (Phi) is 3.24. The molecule has 1 aliphatic heterocycles. The van der Waals surface area contributed by atoms with Gasteiger partial charge >= 0.3 is 0 Å². The van der Waals surface area contributed by atoms with E-state index in [-0.39, 0.29) is 12.5 Å². The molecule has 0 aliphatic carbocycles. The zero-order valence-corrected chi connectivity index (χ0v) is 10.9. The van der Waals surface area contributed by atoms with Crippen LogP contribution in [0.25, 0.3) is 0 Å². The van der Waals surface area contributed by atoms with E-state index in [4.69, 9.17) is 10.5 Å². The number of carbonyl (C=O) groups is 1. The molecule has 7 nitrogen and oxygen atoms in total. The minimum atomic E-state index is -0.0679. The third-order valence-electron chi connectivity index (χ3n) is 3.21. The van der Waals surface area contributed by atoms with Gasteiger partial charge in [-0.25, -0.2) is 0 Å². The van der Waals surface area contributed by atoms with Crippen molar-refractivity contribution in [2.75, 3.05) is 18.9 Å². The van der Waals surface area contributed by atoms with E-state index in [1.165, 1.54) is 0 Å². The number of rotatable bonds is 3. The van der Waals surface area contributed by atoms with Gasteiger partial charge in [-0.3, -0.25) is 4.79 Å². The SMILES string of the molecule is Nc1cccc(OCC(=O)N2CCn3cnnc3C2)c1. The molecule has 104 valence electrons. The van der Waals surface area contributed by atoms with Gasteiger partial charge in [0.15, 0.2) is 12.4 Å². The molecule has 0 radical (unpaired) electrons. The summed E-state index contributed by atoms with van der Waals surface area (Å²) in [7, 11) is 0. The molecule has 7 heteroatoms. The number of amides is 1. The number of nitrogens with zero attached hydrogens (tertiary/aromatic N) is 4. The lowest BCUT2D eigenvalue weighted by molar-refractivity contribution is -0.134. The van der Waals surface area contributed by atoms with Gasteiger partial charge in [-0.2, -0.15) is 0 Å². The van der Waals surface area contributed by atoms with Crippen LogP contribution >= 0.6 is 0 Å². The summed E-state index contributed by atoms with van der Waals surface area (Å²) >= 11 is 0. The number of benzene rings is 1. The first kappa shape index (κ1) is 12.5. The Balaban J connectivity index is 1.58. The number of hydrogen-bond acceptors (Lipinski definition) is 5. The standard InChI is InChI=1S/C13H15N5O2/c14-10-2-1-3-11(6-10)20-8-13(19)17-4-5-18-9-15-16-12(18)7-17/h1-3,6,9H,4-5,7-8,14H2. The molecule has 0 fully saturated rings. The van der Waals surface area contributed by atoms with Gasteiger partial charge < -0.3 is 19.9 Å². The maximum atomic E-state index is 12.1. The molecule has 0 saturated carbocycles. The van der Waals surface area contributed by atoms with Gasteiger partial charge in [-0.15, -0.1) is 10.2 Å². The van der Waals surface area contributed by atoms with Crippen molar-refractivity contribution in [3.8, 4) is 5.75 Å². The molecule has 1 aromatic heterocycles. The zero-order valence-electron chi connectivity index (χ0n) is 10.9. The number of ether oxygens (including phenoxy) is 1. The molecule has 20 heavy (non-hydrogen) atoms. The van der Waals surface area contributed by atoms with Crippen LogP contribution in [-0.4, -0.2) is 38.7 Å². The van der Waals surface area contributed by atoms with Gasteiger partial charge in [0.05, 0.1) is 6.54 Å². The van der Waals surface area contributed by atoms with Crippen LogP contribution in [0.15, 0.2) is 30.6 Å². The molecule has 0 unspecified atom stereocenters. The van der Waals surface area contributed by atoms with Gasteiger partial charge in [-0.1, -0.05) is 6.07 Å². The minimum absolute atomic E-state index is 0.00239. The summed E-state index contributed by atoms with van der Waals surface area (Å²) < 4.78 is 7.40. The van der Waals surface area contributed by atoms with E-state index in [1.807, 2.05) is 4.57 Å². The van der Waals surface area contributed by atoms with Crippen molar-refractivity contribution in [3.05, 3.63) is 36.4 Å². The number of aromatic nitrogens is 3. The summed E-state index contributed by atoms with van der Waals surface area (Å²) in [5.74, 6) is 1.33. The molecule has 3 rings (SSSR count).